The smallest absolute Gasteiger partial charge is 0.243 e. The van der Waals surface area contributed by atoms with Gasteiger partial charge in [-0.3, -0.25) is 9.69 Å². The molecule has 0 saturated carbocycles. The van der Waals surface area contributed by atoms with E-state index in [1.54, 1.807) is 35.6 Å². The van der Waals surface area contributed by atoms with Crippen LogP contribution in [0.4, 0.5) is 5.69 Å². The molecule has 0 bridgehead atoms. The summed E-state index contributed by atoms with van der Waals surface area (Å²) in [6.07, 6.45) is 2.02. The van der Waals surface area contributed by atoms with Crippen molar-refractivity contribution in [3.8, 4) is 0 Å². The number of benzene rings is 2. The van der Waals surface area contributed by atoms with Gasteiger partial charge in [0.2, 0.25) is 15.9 Å². The van der Waals surface area contributed by atoms with E-state index in [-0.39, 0.29) is 23.4 Å². The Balaban J connectivity index is 1.41. The van der Waals surface area contributed by atoms with Crippen molar-refractivity contribution in [3.05, 3.63) is 53.5 Å². The predicted molar refractivity (Wildman–Crippen MR) is 128 cm³/mol. The summed E-state index contributed by atoms with van der Waals surface area (Å²) in [5, 5.41) is 3.96. The van der Waals surface area contributed by atoms with E-state index in [1.807, 2.05) is 32.0 Å². The number of sulfonamides is 1. The van der Waals surface area contributed by atoms with Gasteiger partial charge in [-0.25, -0.2) is 13.4 Å². The molecule has 1 N–H and O–H groups in total. The second kappa shape index (κ2) is 9.66. The molecule has 3 aromatic rings. The van der Waals surface area contributed by atoms with Crippen LogP contribution in [0, 0.1) is 0 Å². The molecule has 2 aromatic carbocycles. The number of para-hydroxylation sites is 1. The topological polar surface area (TPSA) is 82.6 Å². The summed E-state index contributed by atoms with van der Waals surface area (Å²) in [6, 6.07) is 14.6. The highest BCUT2D eigenvalue weighted by Gasteiger charge is 2.30. The van der Waals surface area contributed by atoms with Crippen LogP contribution in [0.15, 0.2) is 53.4 Å². The van der Waals surface area contributed by atoms with Gasteiger partial charge in [-0.15, -0.1) is 11.3 Å². The number of anilines is 1. The normalized spacial score (nSPS) is 17.3. The third kappa shape index (κ3) is 4.71. The van der Waals surface area contributed by atoms with Crippen LogP contribution in [0.1, 0.15) is 37.7 Å². The molecular formula is C23H28N4O3S2. The van der Waals surface area contributed by atoms with E-state index in [9.17, 15) is 13.2 Å². The summed E-state index contributed by atoms with van der Waals surface area (Å²) in [7, 11) is -3.51. The van der Waals surface area contributed by atoms with Crippen LogP contribution < -0.4 is 5.32 Å². The molecule has 1 fully saturated rings. The molecule has 7 nitrogen and oxygen atoms in total. The summed E-state index contributed by atoms with van der Waals surface area (Å²) in [5.74, 6) is -0.114. The summed E-state index contributed by atoms with van der Waals surface area (Å²) >= 11 is 1.69. The Morgan fingerprint density at radius 2 is 1.88 bits per heavy atom. The minimum atomic E-state index is -3.51. The van der Waals surface area contributed by atoms with E-state index in [4.69, 9.17) is 4.98 Å². The van der Waals surface area contributed by atoms with Gasteiger partial charge in [-0.1, -0.05) is 26.0 Å². The molecule has 9 heteroatoms. The van der Waals surface area contributed by atoms with Crippen molar-refractivity contribution in [2.45, 2.75) is 37.6 Å². The Bertz CT molecular complexity index is 1150. The Hall–Kier alpha value is -2.33. The lowest BCUT2D eigenvalue weighted by molar-refractivity contribution is -0.117. The van der Waals surface area contributed by atoms with Gasteiger partial charge in [0.05, 0.1) is 27.7 Å². The molecule has 0 radical (unpaired) electrons. The van der Waals surface area contributed by atoms with Crippen LogP contribution in [0.5, 0.6) is 0 Å². The van der Waals surface area contributed by atoms with E-state index in [0.29, 0.717) is 18.8 Å². The first-order valence-electron chi connectivity index (χ1n) is 10.9. The van der Waals surface area contributed by atoms with Crippen molar-refractivity contribution in [2.75, 3.05) is 31.5 Å². The number of thiazole rings is 1. The molecule has 0 spiro atoms. The molecule has 32 heavy (non-hydrogen) atoms. The van der Waals surface area contributed by atoms with Gasteiger partial charge in [-0.05, 0) is 55.8 Å². The van der Waals surface area contributed by atoms with E-state index in [0.717, 1.165) is 29.9 Å². The number of aromatic nitrogens is 1. The van der Waals surface area contributed by atoms with Crippen LogP contribution in [-0.2, 0) is 14.8 Å². The van der Waals surface area contributed by atoms with Crippen molar-refractivity contribution in [1.29, 1.82) is 0 Å². The van der Waals surface area contributed by atoms with E-state index in [2.05, 4.69) is 16.3 Å². The molecular weight excluding hydrogens is 444 g/mol. The number of carbonyl (C=O) groups excluding carboxylic acids is 1. The van der Waals surface area contributed by atoms with Gasteiger partial charge in [0, 0.05) is 18.8 Å². The number of rotatable bonds is 8. The predicted octanol–water partition coefficient (Wildman–Crippen LogP) is 4.10. The lowest BCUT2D eigenvalue weighted by Crippen LogP contribution is -2.33. The molecule has 170 valence electrons. The van der Waals surface area contributed by atoms with Crippen molar-refractivity contribution in [3.63, 3.8) is 0 Å². The number of nitrogens with one attached hydrogen (secondary N) is 1. The van der Waals surface area contributed by atoms with Gasteiger partial charge in [0.1, 0.15) is 5.01 Å². The van der Waals surface area contributed by atoms with Gasteiger partial charge < -0.3 is 5.32 Å². The van der Waals surface area contributed by atoms with E-state index >= 15 is 0 Å². The number of fused-ring (bicyclic) bond motifs is 1. The monoisotopic (exact) mass is 472 g/mol. The third-order valence-corrected chi connectivity index (χ3v) is 8.99. The SMILES string of the molecule is CCN(CC)S(=O)(=O)c1ccc(NC(=O)CN2CCCC2c2nc3ccccc3s2)cc1. The average Bonchev–Trinajstić information content (AvgIpc) is 3.41. The first-order chi connectivity index (χ1) is 15.4. The van der Waals surface area contributed by atoms with Crippen molar-refractivity contribution >= 4 is 43.2 Å². The molecule has 1 atom stereocenters. The van der Waals surface area contributed by atoms with Crippen molar-refractivity contribution in [2.24, 2.45) is 0 Å². The molecule has 1 aliphatic rings. The number of hydrogen-bond acceptors (Lipinski definition) is 6. The van der Waals surface area contributed by atoms with E-state index < -0.39 is 10.0 Å². The minimum absolute atomic E-state index is 0.114. The van der Waals surface area contributed by atoms with Crippen LogP contribution in [-0.4, -0.2) is 54.7 Å². The number of carbonyl (C=O) groups is 1. The zero-order valence-corrected chi connectivity index (χ0v) is 20.0. The summed E-state index contributed by atoms with van der Waals surface area (Å²) in [6.45, 7) is 5.60. The maximum atomic E-state index is 12.7. The van der Waals surface area contributed by atoms with Crippen LogP contribution in [0.2, 0.25) is 0 Å². The number of nitrogens with zero attached hydrogens (tertiary/aromatic N) is 3. The zero-order chi connectivity index (χ0) is 22.7. The average molecular weight is 473 g/mol. The van der Waals surface area contributed by atoms with Crippen LogP contribution >= 0.6 is 11.3 Å². The fraction of sp³-hybridized carbons (Fsp3) is 0.391. The van der Waals surface area contributed by atoms with E-state index in [1.165, 1.54) is 9.01 Å². The lowest BCUT2D eigenvalue weighted by Gasteiger charge is -2.22. The molecule has 1 aromatic heterocycles. The largest absolute Gasteiger partial charge is 0.325 e. The quantitative estimate of drug-likeness (QED) is 0.534. The van der Waals surface area contributed by atoms with Crippen LogP contribution in [0.3, 0.4) is 0 Å². The second-order valence-electron chi connectivity index (χ2n) is 7.81. The molecule has 1 aliphatic heterocycles. The zero-order valence-electron chi connectivity index (χ0n) is 18.3. The summed E-state index contributed by atoms with van der Waals surface area (Å²) in [5.41, 5.74) is 1.59. The van der Waals surface area contributed by atoms with Crippen molar-refractivity contribution in [1.82, 2.24) is 14.2 Å². The standard InChI is InChI=1S/C23H28N4O3S2/c1-3-27(4-2)32(29,30)18-13-11-17(12-14-18)24-22(28)16-26-15-7-9-20(26)23-25-19-8-5-6-10-21(19)31-23/h5-6,8,10-14,20H,3-4,7,9,15-16H2,1-2H3,(H,24,28). The fourth-order valence-electron chi connectivity index (χ4n) is 4.14. The molecule has 0 aliphatic carbocycles. The highest BCUT2D eigenvalue weighted by atomic mass is 32.2. The van der Waals surface area contributed by atoms with Gasteiger partial charge >= 0.3 is 0 Å². The third-order valence-electron chi connectivity index (χ3n) is 5.79. The van der Waals surface area contributed by atoms with Gasteiger partial charge in [0.25, 0.3) is 0 Å². The Kier molecular flexibility index (Phi) is 6.90. The molecule has 4 rings (SSSR count). The Morgan fingerprint density at radius 1 is 1.16 bits per heavy atom. The van der Waals surface area contributed by atoms with Crippen molar-refractivity contribution < 1.29 is 13.2 Å². The molecule has 1 saturated heterocycles. The number of likely N-dealkylation sites (tertiary alicyclic amines) is 1. The summed E-state index contributed by atoms with van der Waals surface area (Å²) in [4.78, 5) is 19.9. The Morgan fingerprint density at radius 3 is 2.56 bits per heavy atom. The Labute approximate surface area is 193 Å². The molecule has 1 amide bonds. The minimum Gasteiger partial charge on any atom is -0.325 e. The number of hydrogen-bond donors (Lipinski definition) is 1. The second-order valence-corrected chi connectivity index (χ2v) is 10.8. The van der Waals surface area contributed by atoms with Gasteiger partial charge in [-0.2, -0.15) is 4.31 Å². The van der Waals surface area contributed by atoms with Crippen LogP contribution in [0.25, 0.3) is 10.2 Å². The maximum absolute atomic E-state index is 12.7. The highest BCUT2D eigenvalue weighted by Crippen LogP contribution is 2.36. The molecule has 2 heterocycles. The highest BCUT2D eigenvalue weighted by molar-refractivity contribution is 7.89. The summed E-state index contributed by atoms with van der Waals surface area (Å²) < 4.78 is 27.8. The lowest BCUT2D eigenvalue weighted by atomic mass is 10.2. The number of amides is 1. The molecule has 1 unspecified atom stereocenters. The first kappa shape index (κ1) is 22.8. The fourth-order valence-corrected chi connectivity index (χ4v) is 6.73. The first-order valence-corrected chi connectivity index (χ1v) is 13.2. The maximum Gasteiger partial charge on any atom is 0.243 e. The van der Waals surface area contributed by atoms with Gasteiger partial charge in [0.15, 0.2) is 0 Å².